The standard InChI is InChI=1S/C25H30N8O2/c1-18-4-3-5-19(16-18)20-6-7-33(29-20)25-27-23-22(24(28-25)32-10-14-35-15-11-32)26-21(30(23)2)17-31-8-12-34-13-9-31/h3-7,16H,8-15,17H2,1-2H3. The average molecular weight is 475 g/mol. The number of aromatic nitrogens is 6. The van der Waals surface area contributed by atoms with E-state index < -0.39 is 0 Å². The van der Waals surface area contributed by atoms with E-state index in [1.165, 1.54) is 5.56 Å². The molecule has 0 atom stereocenters. The zero-order chi connectivity index (χ0) is 23.8. The van der Waals surface area contributed by atoms with E-state index in [-0.39, 0.29) is 0 Å². The molecule has 35 heavy (non-hydrogen) atoms. The van der Waals surface area contributed by atoms with Gasteiger partial charge < -0.3 is 18.9 Å². The van der Waals surface area contributed by atoms with Crippen LogP contribution in [0.2, 0.25) is 0 Å². The Morgan fingerprint density at radius 1 is 0.914 bits per heavy atom. The molecule has 2 aliphatic rings. The number of anilines is 1. The van der Waals surface area contributed by atoms with Gasteiger partial charge in [-0.05, 0) is 19.1 Å². The van der Waals surface area contributed by atoms with Gasteiger partial charge in [0.25, 0.3) is 5.95 Å². The molecule has 3 aromatic heterocycles. The maximum absolute atomic E-state index is 5.59. The summed E-state index contributed by atoms with van der Waals surface area (Å²) in [6, 6.07) is 10.3. The van der Waals surface area contributed by atoms with E-state index in [0.29, 0.717) is 19.2 Å². The van der Waals surface area contributed by atoms with Gasteiger partial charge in [0.15, 0.2) is 17.0 Å². The Morgan fingerprint density at radius 3 is 2.46 bits per heavy atom. The van der Waals surface area contributed by atoms with Crippen molar-refractivity contribution in [1.82, 2.24) is 34.2 Å². The molecule has 182 valence electrons. The molecule has 5 heterocycles. The molecule has 2 aliphatic heterocycles. The van der Waals surface area contributed by atoms with Crippen LogP contribution in [0.25, 0.3) is 28.4 Å². The Hall–Kier alpha value is -3.34. The number of imidazole rings is 1. The zero-order valence-corrected chi connectivity index (χ0v) is 20.2. The number of aryl methyl sites for hydroxylation is 2. The van der Waals surface area contributed by atoms with Crippen molar-refractivity contribution in [3.05, 3.63) is 47.9 Å². The van der Waals surface area contributed by atoms with Gasteiger partial charge in [0, 0.05) is 45.0 Å². The fourth-order valence-corrected chi connectivity index (χ4v) is 4.67. The number of hydrogen-bond acceptors (Lipinski definition) is 8. The number of rotatable bonds is 5. The molecule has 1 aromatic carbocycles. The first kappa shape index (κ1) is 22.1. The smallest absolute Gasteiger partial charge is 0.254 e. The molecule has 10 heteroatoms. The van der Waals surface area contributed by atoms with Gasteiger partial charge in [0.1, 0.15) is 5.82 Å². The van der Waals surface area contributed by atoms with Crippen LogP contribution in [0.1, 0.15) is 11.4 Å². The molecular weight excluding hydrogens is 444 g/mol. The fraction of sp³-hybridized carbons (Fsp3) is 0.440. The van der Waals surface area contributed by atoms with Gasteiger partial charge in [-0.15, -0.1) is 0 Å². The van der Waals surface area contributed by atoms with Crippen LogP contribution >= 0.6 is 0 Å². The Balaban J connectivity index is 1.42. The maximum atomic E-state index is 5.59. The molecule has 2 fully saturated rings. The second kappa shape index (κ2) is 9.37. The Labute approximate surface area is 204 Å². The first-order chi connectivity index (χ1) is 17.2. The molecule has 0 N–H and O–H groups in total. The largest absolute Gasteiger partial charge is 0.379 e. The number of morpholine rings is 2. The number of ether oxygens (including phenoxy) is 2. The lowest BCUT2D eigenvalue weighted by Gasteiger charge is -2.28. The number of nitrogens with zero attached hydrogens (tertiary/aromatic N) is 8. The topological polar surface area (TPSA) is 86.4 Å². The third kappa shape index (κ3) is 4.40. The van der Waals surface area contributed by atoms with Crippen LogP contribution in [0.15, 0.2) is 36.5 Å². The third-order valence-corrected chi connectivity index (χ3v) is 6.67. The van der Waals surface area contributed by atoms with Gasteiger partial charge in [-0.1, -0.05) is 23.8 Å². The van der Waals surface area contributed by atoms with Crippen molar-refractivity contribution in [2.24, 2.45) is 7.05 Å². The Kier molecular flexibility index (Phi) is 5.93. The summed E-state index contributed by atoms with van der Waals surface area (Å²) in [5, 5.41) is 4.81. The van der Waals surface area contributed by atoms with E-state index in [9.17, 15) is 0 Å². The number of benzene rings is 1. The molecule has 2 saturated heterocycles. The third-order valence-electron chi connectivity index (χ3n) is 6.67. The molecule has 0 saturated carbocycles. The van der Waals surface area contributed by atoms with E-state index in [0.717, 1.165) is 80.0 Å². The summed E-state index contributed by atoms with van der Waals surface area (Å²) in [7, 11) is 2.03. The van der Waals surface area contributed by atoms with Crippen LogP contribution in [0.3, 0.4) is 0 Å². The van der Waals surface area contributed by atoms with Gasteiger partial charge in [0.05, 0.1) is 38.7 Å². The van der Waals surface area contributed by atoms with Gasteiger partial charge >= 0.3 is 0 Å². The molecule has 0 bridgehead atoms. The van der Waals surface area contributed by atoms with Crippen molar-refractivity contribution in [3.8, 4) is 17.2 Å². The highest BCUT2D eigenvalue weighted by molar-refractivity contribution is 5.85. The van der Waals surface area contributed by atoms with E-state index in [2.05, 4.69) is 45.6 Å². The summed E-state index contributed by atoms with van der Waals surface area (Å²) in [5.74, 6) is 2.35. The summed E-state index contributed by atoms with van der Waals surface area (Å²) in [6.45, 7) is 9.07. The van der Waals surface area contributed by atoms with Crippen molar-refractivity contribution in [2.75, 3.05) is 57.5 Å². The highest BCUT2D eigenvalue weighted by Crippen LogP contribution is 2.27. The minimum Gasteiger partial charge on any atom is -0.379 e. The van der Waals surface area contributed by atoms with Gasteiger partial charge in [-0.2, -0.15) is 15.1 Å². The molecule has 10 nitrogen and oxygen atoms in total. The first-order valence-corrected chi connectivity index (χ1v) is 12.1. The van der Waals surface area contributed by atoms with Gasteiger partial charge in [0.2, 0.25) is 0 Å². The summed E-state index contributed by atoms with van der Waals surface area (Å²) in [5.41, 5.74) is 4.81. The van der Waals surface area contributed by atoms with E-state index in [4.69, 9.17) is 29.5 Å². The van der Waals surface area contributed by atoms with Crippen LogP contribution in [-0.4, -0.2) is 86.8 Å². The second-order valence-electron chi connectivity index (χ2n) is 9.11. The summed E-state index contributed by atoms with van der Waals surface area (Å²) in [6.07, 6.45) is 1.92. The summed E-state index contributed by atoms with van der Waals surface area (Å²) >= 11 is 0. The van der Waals surface area contributed by atoms with E-state index >= 15 is 0 Å². The summed E-state index contributed by atoms with van der Waals surface area (Å²) in [4.78, 5) is 19.5. The monoisotopic (exact) mass is 474 g/mol. The lowest BCUT2D eigenvalue weighted by Crippen LogP contribution is -2.37. The lowest BCUT2D eigenvalue weighted by molar-refractivity contribution is 0.0327. The second-order valence-corrected chi connectivity index (χ2v) is 9.11. The molecule has 0 radical (unpaired) electrons. The fourth-order valence-electron chi connectivity index (χ4n) is 4.67. The maximum Gasteiger partial charge on any atom is 0.254 e. The van der Waals surface area contributed by atoms with Gasteiger partial charge in [-0.25, -0.2) is 9.67 Å². The molecule has 0 spiro atoms. The molecule has 6 rings (SSSR count). The van der Waals surface area contributed by atoms with Crippen LogP contribution in [0.5, 0.6) is 0 Å². The van der Waals surface area contributed by atoms with Crippen molar-refractivity contribution < 1.29 is 9.47 Å². The summed E-state index contributed by atoms with van der Waals surface area (Å²) < 4.78 is 15.0. The molecule has 0 aliphatic carbocycles. The Morgan fingerprint density at radius 2 is 1.69 bits per heavy atom. The highest BCUT2D eigenvalue weighted by atomic mass is 16.5. The minimum atomic E-state index is 0.541. The predicted molar refractivity (Wildman–Crippen MR) is 133 cm³/mol. The average Bonchev–Trinajstić information content (AvgIpc) is 3.50. The van der Waals surface area contributed by atoms with E-state index in [1.807, 2.05) is 19.3 Å². The Bertz CT molecular complexity index is 1330. The van der Waals surface area contributed by atoms with Gasteiger partial charge in [-0.3, -0.25) is 4.90 Å². The van der Waals surface area contributed by atoms with Crippen molar-refractivity contribution in [3.63, 3.8) is 0 Å². The zero-order valence-electron chi connectivity index (χ0n) is 20.2. The quantitative estimate of drug-likeness (QED) is 0.435. The SMILES string of the molecule is Cc1cccc(-c2ccn(-c3nc(N4CCOCC4)c4nc(CN5CCOCC5)n(C)c4n3)n2)c1. The normalized spacial score (nSPS) is 17.4. The predicted octanol–water partition coefficient (Wildman–Crippen LogP) is 2.19. The van der Waals surface area contributed by atoms with Crippen LogP contribution in [0, 0.1) is 6.92 Å². The van der Waals surface area contributed by atoms with Crippen LogP contribution in [-0.2, 0) is 23.1 Å². The lowest BCUT2D eigenvalue weighted by atomic mass is 10.1. The van der Waals surface area contributed by atoms with E-state index in [1.54, 1.807) is 4.68 Å². The number of hydrogen-bond donors (Lipinski definition) is 0. The molecule has 4 aromatic rings. The molecular formula is C25H30N8O2. The van der Waals surface area contributed by atoms with Crippen molar-refractivity contribution >= 4 is 17.0 Å². The van der Waals surface area contributed by atoms with Crippen LogP contribution in [0.4, 0.5) is 5.82 Å². The molecule has 0 unspecified atom stereocenters. The number of fused-ring (bicyclic) bond motifs is 1. The van der Waals surface area contributed by atoms with Crippen molar-refractivity contribution in [2.45, 2.75) is 13.5 Å². The first-order valence-electron chi connectivity index (χ1n) is 12.1. The van der Waals surface area contributed by atoms with Crippen LogP contribution < -0.4 is 4.90 Å². The van der Waals surface area contributed by atoms with Crippen molar-refractivity contribution in [1.29, 1.82) is 0 Å². The molecule has 0 amide bonds. The minimum absolute atomic E-state index is 0.541. The highest BCUT2D eigenvalue weighted by Gasteiger charge is 2.24.